The molecule has 2 rings (SSSR count). The summed E-state index contributed by atoms with van der Waals surface area (Å²) >= 11 is 0. The fraction of sp³-hybridized carbons (Fsp3) is 0.625. The number of hydrogen-bond acceptors (Lipinski definition) is 2. The van der Waals surface area contributed by atoms with E-state index in [1.807, 2.05) is 0 Å². The van der Waals surface area contributed by atoms with E-state index in [0.29, 0.717) is 18.1 Å². The van der Waals surface area contributed by atoms with E-state index in [0.717, 1.165) is 0 Å². The summed E-state index contributed by atoms with van der Waals surface area (Å²) in [5, 5.41) is 3.77. The van der Waals surface area contributed by atoms with Gasteiger partial charge in [-0.2, -0.15) is 0 Å². The van der Waals surface area contributed by atoms with Crippen LogP contribution >= 0.6 is 0 Å². The number of rotatable bonds is 4. The first kappa shape index (κ1) is 13.6. The number of likely N-dealkylation sites (tertiary alicyclic amines) is 1. The van der Waals surface area contributed by atoms with Crippen LogP contribution in [0.4, 0.5) is 0 Å². The van der Waals surface area contributed by atoms with E-state index in [4.69, 9.17) is 0 Å². The molecule has 1 aromatic carbocycles. The van der Waals surface area contributed by atoms with Crippen LogP contribution in [0.5, 0.6) is 0 Å². The molecular formula is C16H26N2. The lowest BCUT2D eigenvalue weighted by Gasteiger charge is -2.36. The minimum atomic E-state index is 0.460. The first-order chi connectivity index (χ1) is 8.66. The smallest absolute Gasteiger partial charge is 0.0294 e. The molecule has 2 nitrogen and oxygen atoms in total. The lowest BCUT2D eigenvalue weighted by atomic mass is 10.0. The van der Waals surface area contributed by atoms with Gasteiger partial charge in [-0.05, 0) is 52.3 Å². The second kappa shape index (κ2) is 6.35. The molecule has 1 N–H and O–H groups in total. The van der Waals surface area contributed by atoms with Crippen LogP contribution in [0.1, 0.15) is 45.2 Å². The molecule has 0 aromatic heterocycles. The van der Waals surface area contributed by atoms with Crippen molar-refractivity contribution in [2.45, 2.75) is 51.7 Å². The molecule has 18 heavy (non-hydrogen) atoms. The maximum absolute atomic E-state index is 3.77. The minimum Gasteiger partial charge on any atom is -0.307 e. The Balaban J connectivity index is 1.81. The summed E-state index contributed by atoms with van der Waals surface area (Å²) in [6, 6.07) is 12.6. The summed E-state index contributed by atoms with van der Waals surface area (Å²) in [5.74, 6) is 0. The molecule has 1 fully saturated rings. The summed E-state index contributed by atoms with van der Waals surface area (Å²) in [6.45, 7) is 9.32. The van der Waals surface area contributed by atoms with Gasteiger partial charge in [0.25, 0.3) is 0 Å². The van der Waals surface area contributed by atoms with Crippen LogP contribution in [-0.2, 0) is 0 Å². The monoisotopic (exact) mass is 246 g/mol. The van der Waals surface area contributed by atoms with Crippen molar-refractivity contribution in [1.29, 1.82) is 0 Å². The quantitative estimate of drug-likeness (QED) is 0.877. The van der Waals surface area contributed by atoms with Gasteiger partial charge in [0.05, 0.1) is 0 Å². The first-order valence-corrected chi connectivity index (χ1v) is 7.22. The van der Waals surface area contributed by atoms with Gasteiger partial charge in [-0.3, -0.25) is 0 Å². The van der Waals surface area contributed by atoms with Crippen molar-refractivity contribution in [2.24, 2.45) is 0 Å². The summed E-state index contributed by atoms with van der Waals surface area (Å²) in [4.78, 5) is 2.57. The van der Waals surface area contributed by atoms with Crippen LogP contribution in [0.2, 0.25) is 0 Å². The predicted molar refractivity (Wildman–Crippen MR) is 77.7 cm³/mol. The Morgan fingerprint density at radius 2 is 1.67 bits per heavy atom. The molecule has 0 radical (unpaired) electrons. The van der Waals surface area contributed by atoms with Crippen molar-refractivity contribution in [3.05, 3.63) is 35.9 Å². The molecule has 1 aliphatic rings. The van der Waals surface area contributed by atoms with Gasteiger partial charge in [0, 0.05) is 18.1 Å². The highest BCUT2D eigenvalue weighted by Gasteiger charge is 2.21. The lowest BCUT2D eigenvalue weighted by molar-refractivity contribution is 0.157. The van der Waals surface area contributed by atoms with Gasteiger partial charge in [0.2, 0.25) is 0 Å². The second-order valence-electron chi connectivity index (χ2n) is 5.70. The van der Waals surface area contributed by atoms with E-state index in [9.17, 15) is 0 Å². The average Bonchev–Trinajstić information content (AvgIpc) is 2.40. The minimum absolute atomic E-state index is 0.460. The van der Waals surface area contributed by atoms with Crippen LogP contribution in [0, 0.1) is 0 Å². The number of piperidine rings is 1. The third kappa shape index (κ3) is 3.56. The van der Waals surface area contributed by atoms with Gasteiger partial charge < -0.3 is 10.2 Å². The van der Waals surface area contributed by atoms with Crippen molar-refractivity contribution in [1.82, 2.24) is 10.2 Å². The molecule has 0 spiro atoms. The van der Waals surface area contributed by atoms with Gasteiger partial charge in [-0.1, -0.05) is 30.3 Å². The zero-order chi connectivity index (χ0) is 13.0. The van der Waals surface area contributed by atoms with Crippen molar-refractivity contribution in [3.63, 3.8) is 0 Å². The molecule has 1 heterocycles. The molecule has 1 aromatic rings. The predicted octanol–water partition coefficient (Wildman–Crippen LogP) is 3.21. The third-order valence-electron chi connectivity index (χ3n) is 4.05. The lowest BCUT2D eigenvalue weighted by Crippen LogP contribution is -2.45. The highest BCUT2D eigenvalue weighted by Crippen LogP contribution is 2.18. The van der Waals surface area contributed by atoms with Gasteiger partial charge in [0.1, 0.15) is 0 Å². The molecule has 0 unspecified atom stereocenters. The number of hydrogen-bond donors (Lipinski definition) is 1. The summed E-state index contributed by atoms with van der Waals surface area (Å²) in [6.07, 6.45) is 2.55. The van der Waals surface area contributed by atoms with Crippen LogP contribution < -0.4 is 5.32 Å². The van der Waals surface area contributed by atoms with Crippen LogP contribution in [0.3, 0.4) is 0 Å². The molecule has 0 bridgehead atoms. The molecule has 100 valence electrons. The molecule has 0 amide bonds. The number of nitrogens with zero attached hydrogens (tertiary/aromatic N) is 1. The average molecular weight is 246 g/mol. The van der Waals surface area contributed by atoms with Gasteiger partial charge >= 0.3 is 0 Å². The molecule has 1 aliphatic heterocycles. The van der Waals surface area contributed by atoms with Crippen molar-refractivity contribution in [2.75, 3.05) is 13.1 Å². The fourth-order valence-electron chi connectivity index (χ4n) is 2.77. The van der Waals surface area contributed by atoms with E-state index >= 15 is 0 Å². The Morgan fingerprint density at radius 1 is 1.06 bits per heavy atom. The normalized spacial score (nSPS) is 20.2. The van der Waals surface area contributed by atoms with Crippen molar-refractivity contribution < 1.29 is 0 Å². The largest absolute Gasteiger partial charge is 0.307 e. The van der Waals surface area contributed by atoms with E-state index in [2.05, 4.69) is 61.3 Å². The first-order valence-electron chi connectivity index (χ1n) is 7.22. The fourth-order valence-corrected chi connectivity index (χ4v) is 2.77. The topological polar surface area (TPSA) is 15.3 Å². The zero-order valence-corrected chi connectivity index (χ0v) is 11.9. The highest BCUT2D eigenvalue weighted by molar-refractivity contribution is 5.18. The Hall–Kier alpha value is -0.860. The Kier molecular flexibility index (Phi) is 4.79. The summed E-state index contributed by atoms with van der Waals surface area (Å²) in [5.41, 5.74) is 1.39. The van der Waals surface area contributed by atoms with Crippen molar-refractivity contribution in [3.8, 4) is 0 Å². The summed E-state index contributed by atoms with van der Waals surface area (Å²) in [7, 11) is 0. The van der Waals surface area contributed by atoms with Crippen molar-refractivity contribution >= 4 is 0 Å². The Morgan fingerprint density at radius 3 is 2.22 bits per heavy atom. The van der Waals surface area contributed by atoms with E-state index in [1.54, 1.807) is 0 Å². The molecule has 0 saturated carbocycles. The Bertz CT molecular complexity index is 339. The molecule has 2 heteroatoms. The molecule has 0 aliphatic carbocycles. The van der Waals surface area contributed by atoms with Crippen LogP contribution in [-0.4, -0.2) is 30.1 Å². The molecule has 1 saturated heterocycles. The second-order valence-corrected chi connectivity index (χ2v) is 5.70. The molecule has 1 atom stereocenters. The standard InChI is InChI=1S/C16H26N2/c1-13(2)18-11-9-16(10-12-18)17-14(3)15-7-5-4-6-8-15/h4-8,13-14,16-17H,9-12H2,1-3H3/t14-/m0/s1. The van der Waals surface area contributed by atoms with Crippen LogP contribution in [0.25, 0.3) is 0 Å². The summed E-state index contributed by atoms with van der Waals surface area (Å²) < 4.78 is 0. The van der Waals surface area contributed by atoms with Gasteiger partial charge in [-0.15, -0.1) is 0 Å². The van der Waals surface area contributed by atoms with E-state index < -0.39 is 0 Å². The highest BCUT2D eigenvalue weighted by atomic mass is 15.2. The number of nitrogens with one attached hydrogen (secondary N) is 1. The maximum Gasteiger partial charge on any atom is 0.0294 e. The van der Waals surface area contributed by atoms with Crippen LogP contribution in [0.15, 0.2) is 30.3 Å². The molecular weight excluding hydrogens is 220 g/mol. The van der Waals surface area contributed by atoms with E-state index in [-0.39, 0.29) is 0 Å². The van der Waals surface area contributed by atoms with Gasteiger partial charge in [-0.25, -0.2) is 0 Å². The van der Waals surface area contributed by atoms with E-state index in [1.165, 1.54) is 31.5 Å². The van der Waals surface area contributed by atoms with Gasteiger partial charge in [0.15, 0.2) is 0 Å². The zero-order valence-electron chi connectivity index (χ0n) is 11.9. The third-order valence-corrected chi connectivity index (χ3v) is 4.05. The number of benzene rings is 1. The SMILES string of the molecule is CC(C)N1CCC(N[C@@H](C)c2ccccc2)CC1. The maximum atomic E-state index is 3.77. The Labute approximate surface area is 111 Å².